The number of nitrogens with one attached hydrogen (secondary N) is 2. The molecule has 0 bridgehead atoms. The average molecular weight is 500 g/mol. The summed E-state index contributed by atoms with van der Waals surface area (Å²) in [5.41, 5.74) is 0.218. The minimum Gasteiger partial charge on any atom is -0.354 e. The normalized spacial score (nSPS) is 11.7. The molecule has 0 unspecified atom stereocenters. The molecule has 0 radical (unpaired) electrons. The summed E-state index contributed by atoms with van der Waals surface area (Å²) in [4.78, 5) is 13.4. The van der Waals surface area contributed by atoms with Crippen molar-refractivity contribution < 1.29 is 13.2 Å². The van der Waals surface area contributed by atoms with Crippen LogP contribution >= 0.6 is 35.3 Å². The molecule has 0 fully saturated rings. The highest BCUT2D eigenvalue weighted by molar-refractivity contribution is 14.0. The first-order valence-corrected chi connectivity index (χ1v) is 8.41. The van der Waals surface area contributed by atoms with Crippen molar-refractivity contribution in [2.75, 3.05) is 32.5 Å². The van der Waals surface area contributed by atoms with Gasteiger partial charge in [0.05, 0.1) is 0 Å². The van der Waals surface area contributed by atoms with Crippen LogP contribution in [-0.4, -0.2) is 48.0 Å². The van der Waals surface area contributed by atoms with Crippen LogP contribution in [-0.2, 0) is 12.7 Å². The van der Waals surface area contributed by atoms with Gasteiger partial charge in [-0.3, -0.25) is 4.99 Å². The first-order valence-electron chi connectivity index (χ1n) is 7.47. The summed E-state index contributed by atoms with van der Waals surface area (Å²) in [7, 11) is 3.59. The van der Waals surface area contributed by atoms with E-state index in [0.29, 0.717) is 25.6 Å². The Morgan fingerprint density at radius 1 is 1.31 bits per heavy atom. The third-order valence-corrected chi connectivity index (χ3v) is 3.94. The van der Waals surface area contributed by atoms with Crippen LogP contribution in [0.5, 0.6) is 0 Å². The van der Waals surface area contributed by atoms with E-state index in [9.17, 15) is 13.2 Å². The van der Waals surface area contributed by atoms with Crippen LogP contribution in [0.25, 0.3) is 0 Å². The molecule has 144 valence electrons. The molecule has 0 amide bonds. The van der Waals surface area contributed by atoms with Crippen LogP contribution in [0.3, 0.4) is 0 Å². The lowest BCUT2D eigenvalue weighted by Gasteiger charge is -2.21. The lowest BCUT2D eigenvalue weighted by atomic mass is 10.3. The van der Waals surface area contributed by atoms with Crippen molar-refractivity contribution in [3.8, 4) is 0 Å². The third-order valence-electron chi connectivity index (χ3n) is 3.21. The molecular weight excluding hydrogens is 480 g/mol. The lowest BCUT2D eigenvalue weighted by molar-refractivity contribution is -0.141. The summed E-state index contributed by atoms with van der Waals surface area (Å²) in [5.74, 6) is 0.635. The number of alkyl halides is 3. The van der Waals surface area contributed by atoms with E-state index in [1.54, 1.807) is 18.4 Å². The van der Waals surface area contributed by atoms with E-state index < -0.39 is 11.9 Å². The van der Waals surface area contributed by atoms with Crippen molar-refractivity contribution in [3.63, 3.8) is 0 Å². The van der Waals surface area contributed by atoms with Crippen molar-refractivity contribution in [1.29, 1.82) is 0 Å². The number of rotatable bonds is 6. The van der Waals surface area contributed by atoms with Gasteiger partial charge in [-0.2, -0.15) is 24.5 Å². The van der Waals surface area contributed by atoms with E-state index in [4.69, 9.17) is 0 Å². The van der Waals surface area contributed by atoms with Gasteiger partial charge in [-0.15, -0.1) is 24.0 Å². The summed E-state index contributed by atoms with van der Waals surface area (Å²) in [6.45, 7) is 1.53. The SMILES string of the molecule is CN=C(NCCNc1nccc(C(F)(F)F)n1)N(C)Cc1ccsc1.I. The van der Waals surface area contributed by atoms with Crippen molar-refractivity contribution in [1.82, 2.24) is 20.2 Å². The van der Waals surface area contributed by atoms with Gasteiger partial charge < -0.3 is 15.5 Å². The fraction of sp³-hybridized carbons (Fsp3) is 0.400. The maximum Gasteiger partial charge on any atom is 0.433 e. The molecule has 0 aliphatic rings. The van der Waals surface area contributed by atoms with Gasteiger partial charge in [0.1, 0.15) is 5.69 Å². The highest BCUT2D eigenvalue weighted by Gasteiger charge is 2.32. The van der Waals surface area contributed by atoms with Crippen LogP contribution in [0.1, 0.15) is 11.3 Å². The van der Waals surface area contributed by atoms with Gasteiger partial charge in [-0.25, -0.2) is 9.97 Å². The summed E-state index contributed by atoms with van der Waals surface area (Å²) in [6, 6.07) is 2.88. The van der Waals surface area contributed by atoms with Gasteiger partial charge in [0.25, 0.3) is 0 Å². The Morgan fingerprint density at radius 2 is 2.08 bits per heavy atom. The predicted octanol–water partition coefficient (Wildman–Crippen LogP) is 3.29. The Hall–Kier alpha value is -1.63. The number of halogens is 4. The topological polar surface area (TPSA) is 65.4 Å². The van der Waals surface area contributed by atoms with E-state index in [-0.39, 0.29) is 29.9 Å². The Kier molecular flexibility index (Phi) is 9.05. The van der Waals surface area contributed by atoms with Gasteiger partial charge in [0.15, 0.2) is 5.96 Å². The summed E-state index contributed by atoms with van der Waals surface area (Å²) < 4.78 is 37.8. The Morgan fingerprint density at radius 3 is 2.69 bits per heavy atom. The molecule has 26 heavy (non-hydrogen) atoms. The van der Waals surface area contributed by atoms with Crippen molar-refractivity contribution >= 4 is 47.2 Å². The fourth-order valence-corrected chi connectivity index (χ4v) is 2.73. The summed E-state index contributed by atoms with van der Waals surface area (Å²) >= 11 is 1.63. The molecule has 0 aliphatic carbocycles. The van der Waals surface area contributed by atoms with Crippen LogP contribution in [0.2, 0.25) is 0 Å². The largest absolute Gasteiger partial charge is 0.433 e. The Bertz CT molecular complexity index is 693. The molecule has 0 saturated heterocycles. The van der Waals surface area contributed by atoms with E-state index in [0.717, 1.165) is 12.3 Å². The predicted molar refractivity (Wildman–Crippen MR) is 108 cm³/mol. The second-order valence-corrected chi connectivity index (χ2v) is 5.93. The zero-order valence-corrected chi connectivity index (χ0v) is 17.4. The van der Waals surface area contributed by atoms with Crippen LogP contribution < -0.4 is 10.6 Å². The zero-order chi connectivity index (χ0) is 18.3. The van der Waals surface area contributed by atoms with E-state index in [1.165, 1.54) is 5.56 Å². The monoisotopic (exact) mass is 500 g/mol. The molecule has 0 aliphatic heterocycles. The molecule has 0 spiro atoms. The maximum atomic E-state index is 12.6. The molecule has 2 rings (SSSR count). The molecule has 0 saturated carbocycles. The highest BCUT2D eigenvalue weighted by atomic mass is 127. The smallest absolute Gasteiger partial charge is 0.354 e. The lowest BCUT2D eigenvalue weighted by Crippen LogP contribution is -2.40. The van der Waals surface area contributed by atoms with E-state index >= 15 is 0 Å². The molecule has 2 N–H and O–H groups in total. The quantitative estimate of drug-likeness (QED) is 0.276. The molecule has 6 nitrogen and oxygen atoms in total. The van der Waals surface area contributed by atoms with Crippen molar-refractivity contribution in [3.05, 3.63) is 40.3 Å². The number of aliphatic imine (C=N–C) groups is 1. The number of anilines is 1. The van der Waals surface area contributed by atoms with Crippen LogP contribution in [0.15, 0.2) is 34.1 Å². The second kappa shape index (κ2) is 10.5. The van der Waals surface area contributed by atoms with Gasteiger partial charge in [-0.1, -0.05) is 0 Å². The number of hydrogen-bond acceptors (Lipinski definition) is 5. The summed E-state index contributed by atoms with van der Waals surface area (Å²) in [5, 5.41) is 9.98. The Labute approximate surface area is 171 Å². The first kappa shape index (κ1) is 22.4. The van der Waals surface area contributed by atoms with Gasteiger partial charge >= 0.3 is 6.18 Å². The number of aromatic nitrogens is 2. The molecule has 11 heteroatoms. The number of hydrogen-bond donors (Lipinski definition) is 2. The number of thiophene rings is 1. The first-order chi connectivity index (χ1) is 11.9. The molecule has 0 aromatic carbocycles. The van der Waals surface area contributed by atoms with Gasteiger partial charge in [0.2, 0.25) is 5.95 Å². The fourth-order valence-electron chi connectivity index (χ4n) is 2.07. The minimum atomic E-state index is -4.48. The standard InChI is InChI=1S/C15H19F3N6S.HI/c1-19-14(24(2)9-11-4-8-25-10-11)22-7-6-21-13-20-5-3-12(23-13)15(16,17)18;/h3-5,8,10H,6-7,9H2,1-2H3,(H,19,22)(H,20,21,23);1H. The molecule has 2 aromatic rings. The van der Waals surface area contributed by atoms with E-state index in [2.05, 4.69) is 31.0 Å². The number of nitrogens with zero attached hydrogens (tertiary/aromatic N) is 4. The Balaban J connectivity index is 0.00000338. The highest BCUT2D eigenvalue weighted by Crippen LogP contribution is 2.27. The van der Waals surface area contributed by atoms with Crippen molar-refractivity contribution in [2.45, 2.75) is 12.7 Å². The summed E-state index contributed by atoms with van der Waals surface area (Å²) in [6.07, 6.45) is -3.40. The van der Waals surface area contributed by atoms with Gasteiger partial charge in [0, 0.05) is 39.9 Å². The van der Waals surface area contributed by atoms with E-state index in [1.807, 2.05) is 23.4 Å². The van der Waals surface area contributed by atoms with Crippen molar-refractivity contribution in [2.24, 2.45) is 4.99 Å². The van der Waals surface area contributed by atoms with Gasteiger partial charge in [-0.05, 0) is 28.5 Å². The molecule has 0 atom stereocenters. The second-order valence-electron chi connectivity index (χ2n) is 5.15. The molecule has 2 heterocycles. The maximum absolute atomic E-state index is 12.6. The minimum absolute atomic E-state index is 0. The van der Waals surface area contributed by atoms with Crippen LogP contribution in [0, 0.1) is 0 Å². The molecule has 2 aromatic heterocycles. The number of guanidine groups is 1. The van der Waals surface area contributed by atoms with Crippen LogP contribution in [0.4, 0.5) is 19.1 Å². The average Bonchev–Trinajstić information content (AvgIpc) is 3.07. The third kappa shape index (κ3) is 6.94. The zero-order valence-electron chi connectivity index (χ0n) is 14.2. The molecular formula is C15H20F3IN6S.